The number of rotatable bonds is 11. The first kappa shape index (κ1) is 28.9. The molecular weight excluding hydrogens is 625 g/mol. The van der Waals surface area contributed by atoms with Crippen LogP contribution in [-0.2, 0) is 26.2 Å². The molecule has 2 amide bonds. The van der Waals surface area contributed by atoms with E-state index < -0.39 is 28.5 Å². The maximum absolute atomic E-state index is 13.8. The molecule has 0 radical (unpaired) electrons. The number of anilines is 1. The van der Waals surface area contributed by atoms with Gasteiger partial charge >= 0.3 is 0 Å². The van der Waals surface area contributed by atoms with E-state index >= 15 is 0 Å². The van der Waals surface area contributed by atoms with Crippen molar-refractivity contribution in [3.8, 4) is 0 Å². The van der Waals surface area contributed by atoms with Crippen LogP contribution in [0.3, 0.4) is 0 Å². The lowest BCUT2D eigenvalue weighted by Crippen LogP contribution is -2.51. The fraction of sp³-hybridized carbons (Fsp3) is 0.259. The first-order chi connectivity index (χ1) is 17.6. The highest BCUT2D eigenvalue weighted by Gasteiger charge is 2.32. The maximum atomic E-state index is 13.8. The molecule has 0 fully saturated rings. The molecule has 1 N–H and O–H groups in total. The Labute approximate surface area is 237 Å². The Bertz CT molecular complexity index is 1300. The molecular formula is C27H29ClIN3O4S. The summed E-state index contributed by atoms with van der Waals surface area (Å²) in [5, 5.41) is 3.37. The highest BCUT2D eigenvalue weighted by Crippen LogP contribution is 2.25. The van der Waals surface area contributed by atoms with Gasteiger partial charge in [-0.25, -0.2) is 8.42 Å². The summed E-state index contributed by atoms with van der Waals surface area (Å²) in [5.74, 6) is -0.817. The van der Waals surface area contributed by atoms with Crippen molar-refractivity contribution < 1.29 is 18.0 Å². The van der Waals surface area contributed by atoms with Crippen LogP contribution in [0.25, 0.3) is 0 Å². The van der Waals surface area contributed by atoms with Gasteiger partial charge in [0.1, 0.15) is 12.6 Å². The van der Waals surface area contributed by atoms with Crippen LogP contribution in [0.1, 0.15) is 25.8 Å². The van der Waals surface area contributed by atoms with E-state index in [9.17, 15) is 18.0 Å². The number of sulfonamides is 1. The molecule has 196 valence electrons. The van der Waals surface area contributed by atoms with Gasteiger partial charge in [0.05, 0.1) is 10.6 Å². The highest BCUT2D eigenvalue weighted by molar-refractivity contribution is 14.1. The smallest absolute Gasteiger partial charge is 0.264 e. The van der Waals surface area contributed by atoms with E-state index in [1.54, 1.807) is 73.7 Å². The average Bonchev–Trinajstić information content (AvgIpc) is 2.90. The third-order valence-electron chi connectivity index (χ3n) is 5.71. The van der Waals surface area contributed by atoms with Crippen molar-refractivity contribution in [1.82, 2.24) is 10.2 Å². The summed E-state index contributed by atoms with van der Waals surface area (Å²) in [7, 11) is -4.07. The van der Waals surface area contributed by atoms with Gasteiger partial charge in [-0.1, -0.05) is 48.9 Å². The van der Waals surface area contributed by atoms with Gasteiger partial charge in [0.25, 0.3) is 10.0 Å². The summed E-state index contributed by atoms with van der Waals surface area (Å²) < 4.78 is 29.4. The standard InChI is InChI=1S/C27H29ClIN3O4S/c1-3-17-30-27(34)20(2)31(18-21-9-11-22(28)12-10-21)26(33)19-32(24-15-13-23(29)14-16-24)37(35,36)25-7-5-4-6-8-25/h4-16,20H,3,17-19H2,1-2H3,(H,30,34)/t20-/m1/s1. The normalized spacial score (nSPS) is 12.0. The summed E-state index contributed by atoms with van der Waals surface area (Å²) in [6.45, 7) is 3.69. The Morgan fingerprint density at radius 2 is 1.59 bits per heavy atom. The average molecular weight is 654 g/mol. The van der Waals surface area contributed by atoms with E-state index in [4.69, 9.17) is 11.6 Å². The minimum Gasteiger partial charge on any atom is -0.354 e. The van der Waals surface area contributed by atoms with E-state index in [1.807, 2.05) is 6.92 Å². The predicted octanol–water partition coefficient (Wildman–Crippen LogP) is 5.08. The Balaban J connectivity index is 1.99. The zero-order valence-corrected chi connectivity index (χ0v) is 24.3. The molecule has 10 heteroatoms. The third-order valence-corrected chi connectivity index (χ3v) is 8.47. The topological polar surface area (TPSA) is 86.8 Å². The van der Waals surface area contributed by atoms with Crippen LogP contribution in [0.4, 0.5) is 5.69 Å². The Kier molecular flexibility index (Phi) is 10.4. The number of halogens is 2. The van der Waals surface area contributed by atoms with Gasteiger partial charge in [0, 0.05) is 21.7 Å². The van der Waals surface area contributed by atoms with Crippen LogP contribution in [0.5, 0.6) is 0 Å². The maximum Gasteiger partial charge on any atom is 0.264 e. The molecule has 37 heavy (non-hydrogen) atoms. The molecule has 0 heterocycles. The summed E-state index contributed by atoms with van der Waals surface area (Å²) in [4.78, 5) is 28.1. The molecule has 3 aromatic rings. The summed E-state index contributed by atoms with van der Waals surface area (Å²) in [5.41, 5.74) is 1.12. The summed E-state index contributed by atoms with van der Waals surface area (Å²) in [6, 6.07) is 21.0. The number of carbonyl (C=O) groups is 2. The van der Waals surface area contributed by atoms with Crippen LogP contribution < -0.4 is 9.62 Å². The lowest BCUT2D eigenvalue weighted by atomic mass is 10.1. The number of amides is 2. The van der Waals surface area contributed by atoms with Crippen LogP contribution in [0.15, 0.2) is 83.8 Å². The van der Waals surface area contributed by atoms with Gasteiger partial charge in [0.2, 0.25) is 11.8 Å². The van der Waals surface area contributed by atoms with Crippen LogP contribution in [-0.4, -0.2) is 44.3 Å². The summed E-state index contributed by atoms with van der Waals surface area (Å²) in [6.07, 6.45) is 0.749. The highest BCUT2D eigenvalue weighted by atomic mass is 127. The van der Waals surface area contributed by atoms with E-state index in [0.29, 0.717) is 17.3 Å². The molecule has 0 unspecified atom stereocenters. The Hall–Kier alpha value is -2.63. The van der Waals surface area contributed by atoms with Crippen molar-refractivity contribution in [3.63, 3.8) is 0 Å². The number of nitrogens with one attached hydrogen (secondary N) is 1. The van der Waals surface area contributed by atoms with Gasteiger partial charge in [-0.2, -0.15) is 0 Å². The number of hydrogen-bond donors (Lipinski definition) is 1. The van der Waals surface area contributed by atoms with Crippen molar-refractivity contribution in [1.29, 1.82) is 0 Å². The molecule has 0 aromatic heterocycles. The Morgan fingerprint density at radius 3 is 2.19 bits per heavy atom. The SMILES string of the molecule is CCCNC(=O)[C@@H](C)N(Cc1ccc(Cl)cc1)C(=O)CN(c1ccc(I)cc1)S(=O)(=O)c1ccccc1. The lowest BCUT2D eigenvalue weighted by molar-refractivity contribution is -0.139. The number of benzene rings is 3. The van der Waals surface area contributed by atoms with Crippen molar-refractivity contribution in [2.24, 2.45) is 0 Å². The second-order valence-corrected chi connectivity index (χ2v) is 12.0. The van der Waals surface area contributed by atoms with E-state index in [-0.39, 0.29) is 17.3 Å². The van der Waals surface area contributed by atoms with Gasteiger partial charge < -0.3 is 10.2 Å². The second-order valence-electron chi connectivity index (χ2n) is 8.42. The van der Waals surface area contributed by atoms with Gasteiger partial charge in [0.15, 0.2) is 0 Å². The van der Waals surface area contributed by atoms with Crippen molar-refractivity contribution in [2.45, 2.75) is 37.8 Å². The molecule has 0 aliphatic carbocycles. The molecule has 0 saturated carbocycles. The van der Waals surface area contributed by atoms with Crippen molar-refractivity contribution >= 4 is 61.7 Å². The lowest BCUT2D eigenvalue weighted by Gasteiger charge is -2.32. The summed E-state index contributed by atoms with van der Waals surface area (Å²) >= 11 is 8.15. The van der Waals surface area contributed by atoms with Gasteiger partial charge in [-0.15, -0.1) is 0 Å². The van der Waals surface area contributed by atoms with E-state index in [1.165, 1.54) is 17.0 Å². The molecule has 0 aliphatic heterocycles. The van der Waals surface area contributed by atoms with Crippen LogP contribution >= 0.6 is 34.2 Å². The zero-order chi connectivity index (χ0) is 27.0. The van der Waals surface area contributed by atoms with Gasteiger partial charge in [-0.05, 0) is 90.0 Å². The fourth-order valence-electron chi connectivity index (χ4n) is 3.62. The molecule has 1 atom stereocenters. The molecule has 0 spiro atoms. The molecule has 3 aromatic carbocycles. The van der Waals surface area contributed by atoms with Crippen molar-refractivity contribution in [2.75, 3.05) is 17.4 Å². The van der Waals surface area contributed by atoms with Crippen molar-refractivity contribution in [3.05, 3.63) is 93.0 Å². The molecule has 0 aliphatic rings. The minimum atomic E-state index is -4.07. The number of nitrogens with zero attached hydrogens (tertiary/aromatic N) is 2. The Morgan fingerprint density at radius 1 is 0.973 bits per heavy atom. The van der Waals surface area contributed by atoms with E-state index in [0.717, 1.165) is 19.9 Å². The quantitative estimate of drug-likeness (QED) is 0.293. The molecule has 7 nitrogen and oxygen atoms in total. The first-order valence-corrected chi connectivity index (χ1v) is 14.7. The molecule has 0 saturated heterocycles. The zero-order valence-electron chi connectivity index (χ0n) is 20.6. The van der Waals surface area contributed by atoms with E-state index in [2.05, 4.69) is 27.9 Å². The molecule has 3 rings (SSSR count). The number of carbonyl (C=O) groups excluding carboxylic acids is 2. The fourth-order valence-corrected chi connectivity index (χ4v) is 5.54. The first-order valence-electron chi connectivity index (χ1n) is 11.8. The van der Waals surface area contributed by atoms with Crippen LogP contribution in [0, 0.1) is 3.57 Å². The monoisotopic (exact) mass is 653 g/mol. The second kappa shape index (κ2) is 13.3. The predicted molar refractivity (Wildman–Crippen MR) is 155 cm³/mol. The van der Waals surface area contributed by atoms with Gasteiger partial charge in [-0.3, -0.25) is 13.9 Å². The largest absolute Gasteiger partial charge is 0.354 e. The number of hydrogen-bond acceptors (Lipinski definition) is 4. The molecule has 0 bridgehead atoms. The third kappa shape index (κ3) is 7.68. The minimum absolute atomic E-state index is 0.0688. The van der Waals surface area contributed by atoms with Crippen LogP contribution in [0.2, 0.25) is 5.02 Å².